The Morgan fingerprint density at radius 1 is 1.47 bits per heavy atom. The van der Waals surface area contributed by atoms with Crippen LogP contribution in [-0.4, -0.2) is 16.7 Å². The summed E-state index contributed by atoms with van der Waals surface area (Å²) in [6, 6.07) is 5.32. The van der Waals surface area contributed by atoms with Gasteiger partial charge in [-0.05, 0) is 26.0 Å². The molecule has 2 aromatic rings. The Balaban J connectivity index is 2.56. The molecule has 1 aromatic heterocycles. The molecule has 1 aromatic carbocycles. The number of anilines is 1. The Labute approximate surface area is 87.7 Å². The molecule has 0 atom stereocenters. The van der Waals surface area contributed by atoms with Gasteiger partial charge in [0.15, 0.2) is 5.58 Å². The van der Waals surface area contributed by atoms with E-state index in [0.717, 1.165) is 5.52 Å². The zero-order valence-corrected chi connectivity index (χ0v) is 8.82. The topological polar surface area (TPSA) is 72.3 Å². The molecule has 0 bridgehead atoms. The van der Waals surface area contributed by atoms with E-state index in [4.69, 9.17) is 10.2 Å². The smallest absolute Gasteiger partial charge is 0.203 e. The maximum absolute atomic E-state index is 9.20. The van der Waals surface area contributed by atoms with Crippen LogP contribution in [-0.2, 0) is 5.41 Å². The molecule has 0 amide bonds. The summed E-state index contributed by atoms with van der Waals surface area (Å²) in [5.74, 6) is 0.533. The molecule has 80 valence electrons. The van der Waals surface area contributed by atoms with Gasteiger partial charge in [-0.15, -0.1) is 0 Å². The molecule has 3 N–H and O–H groups in total. The number of nitrogens with two attached hydrogens (primary N) is 1. The van der Waals surface area contributed by atoms with Crippen molar-refractivity contribution in [3.05, 3.63) is 24.1 Å². The molecule has 0 aliphatic rings. The summed E-state index contributed by atoms with van der Waals surface area (Å²) in [6.45, 7) is 3.75. The SMILES string of the molecule is CC(C)(CO)c1nc2ccc(N)cc2o1. The summed E-state index contributed by atoms with van der Waals surface area (Å²) in [5.41, 5.74) is 7.24. The average Bonchev–Trinajstić information content (AvgIpc) is 2.61. The minimum absolute atomic E-state index is 0.00466. The number of nitrogen functional groups attached to an aromatic ring is 1. The van der Waals surface area contributed by atoms with Crippen molar-refractivity contribution < 1.29 is 9.52 Å². The van der Waals surface area contributed by atoms with Gasteiger partial charge in [0.1, 0.15) is 5.52 Å². The average molecular weight is 206 g/mol. The third kappa shape index (κ3) is 1.68. The number of oxazole rings is 1. The molecular formula is C11H14N2O2. The maximum atomic E-state index is 9.20. The predicted molar refractivity (Wildman–Crippen MR) is 58.5 cm³/mol. The van der Waals surface area contributed by atoms with Crippen molar-refractivity contribution in [3.8, 4) is 0 Å². The molecule has 0 spiro atoms. The van der Waals surface area contributed by atoms with Gasteiger partial charge in [0.25, 0.3) is 0 Å². The fourth-order valence-corrected chi connectivity index (χ4v) is 1.30. The summed E-state index contributed by atoms with van der Waals surface area (Å²) in [5, 5.41) is 9.20. The van der Waals surface area contributed by atoms with Crippen molar-refractivity contribution in [1.82, 2.24) is 4.98 Å². The lowest BCUT2D eigenvalue weighted by Crippen LogP contribution is -2.22. The summed E-state index contributed by atoms with van der Waals surface area (Å²) in [4.78, 5) is 4.31. The van der Waals surface area contributed by atoms with Gasteiger partial charge < -0.3 is 15.3 Å². The van der Waals surface area contributed by atoms with Gasteiger partial charge in [0.05, 0.1) is 12.0 Å². The first-order chi connectivity index (χ1) is 7.03. The number of hydrogen-bond acceptors (Lipinski definition) is 4. The third-order valence-electron chi connectivity index (χ3n) is 2.39. The zero-order chi connectivity index (χ0) is 11.1. The van der Waals surface area contributed by atoms with E-state index in [0.29, 0.717) is 17.2 Å². The third-order valence-corrected chi connectivity index (χ3v) is 2.39. The quantitative estimate of drug-likeness (QED) is 0.733. The molecule has 1 heterocycles. The maximum Gasteiger partial charge on any atom is 0.203 e. The van der Waals surface area contributed by atoms with Gasteiger partial charge in [-0.2, -0.15) is 0 Å². The largest absolute Gasteiger partial charge is 0.440 e. The van der Waals surface area contributed by atoms with E-state index in [-0.39, 0.29) is 6.61 Å². The number of fused-ring (bicyclic) bond motifs is 1. The van der Waals surface area contributed by atoms with Crippen molar-refractivity contribution in [2.24, 2.45) is 0 Å². The molecule has 0 radical (unpaired) electrons. The monoisotopic (exact) mass is 206 g/mol. The number of benzene rings is 1. The summed E-state index contributed by atoms with van der Waals surface area (Å²) < 4.78 is 5.55. The van der Waals surface area contributed by atoms with Gasteiger partial charge in [-0.3, -0.25) is 0 Å². The summed E-state index contributed by atoms with van der Waals surface area (Å²) >= 11 is 0. The van der Waals surface area contributed by atoms with Crippen molar-refractivity contribution in [1.29, 1.82) is 0 Å². The lowest BCUT2D eigenvalue weighted by Gasteiger charge is -2.15. The van der Waals surface area contributed by atoms with Crippen LogP contribution >= 0.6 is 0 Å². The first kappa shape index (κ1) is 9.98. The van der Waals surface area contributed by atoms with Gasteiger partial charge in [-0.1, -0.05) is 0 Å². The van der Waals surface area contributed by atoms with E-state index >= 15 is 0 Å². The van der Waals surface area contributed by atoms with Gasteiger partial charge in [0.2, 0.25) is 5.89 Å². The van der Waals surface area contributed by atoms with Crippen molar-refractivity contribution >= 4 is 16.8 Å². The van der Waals surface area contributed by atoms with Crippen LogP contribution < -0.4 is 5.73 Å². The first-order valence-electron chi connectivity index (χ1n) is 4.80. The molecule has 4 heteroatoms. The highest BCUT2D eigenvalue weighted by Crippen LogP contribution is 2.26. The molecule has 0 aliphatic heterocycles. The van der Waals surface area contributed by atoms with E-state index in [1.165, 1.54) is 0 Å². The highest BCUT2D eigenvalue weighted by Gasteiger charge is 2.25. The minimum Gasteiger partial charge on any atom is -0.440 e. The Morgan fingerprint density at radius 2 is 2.20 bits per heavy atom. The normalized spacial score (nSPS) is 12.2. The highest BCUT2D eigenvalue weighted by molar-refractivity contribution is 5.76. The standard InChI is InChI=1S/C11H14N2O2/c1-11(2,6-14)10-13-8-4-3-7(12)5-9(8)15-10/h3-5,14H,6,12H2,1-2H3. The molecule has 0 fully saturated rings. The Kier molecular flexibility index (Phi) is 2.16. The number of rotatable bonds is 2. The lowest BCUT2D eigenvalue weighted by molar-refractivity contribution is 0.194. The summed E-state index contributed by atoms with van der Waals surface area (Å²) in [6.07, 6.45) is 0. The van der Waals surface area contributed by atoms with Gasteiger partial charge >= 0.3 is 0 Å². The molecular weight excluding hydrogens is 192 g/mol. The van der Waals surface area contributed by atoms with Crippen LogP contribution in [0.3, 0.4) is 0 Å². The van der Waals surface area contributed by atoms with E-state index in [9.17, 15) is 5.11 Å². The molecule has 0 aliphatic carbocycles. The Hall–Kier alpha value is -1.55. The number of aliphatic hydroxyl groups excluding tert-OH is 1. The Morgan fingerprint density at radius 3 is 2.87 bits per heavy atom. The second-order valence-electron chi connectivity index (χ2n) is 4.29. The van der Waals surface area contributed by atoms with Crippen molar-refractivity contribution in [2.45, 2.75) is 19.3 Å². The van der Waals surface area contributed by atoms with E-state index in [1.807, 2.05) is 19.9 Å². The van der Waals surface area contributed by atoms with Crippen LogP contribution in [0.4, 0.5) is 5.69 Å². The summed E-state index contributed by atoms with van der Waals surface area (Å²) in [7, 11) is 0. The minimum atomic E-state index is -0.465. The van der Waals surface area contributed by atoms with Crippen LogP contribution in [0.2, 0.25) is 0 Å². The number of aliphatic hydroxyl groups is 1. The second-order valence-corrected chi connectivity index (χ2v) is 4.29. The number of nitrogens with zero attached hydrogens (tertiary/aromatic N) is 1. The van der Waals surface area contributed by atoms with Crippen LogP contribution in [0.25, 0.3) is 11.1 Å². The molecule has 0 unspecified atom stereocenters. The van der Waals surface area contributed by atoms with Gasteiger partial charge in [-0.25, -0.2) is 4.98 Å². The second kappa shape index (κ2) is 3.24. The number of aromatic nitrogens is 1. The van der Waals surface area contributed by atoms with Gasteiger partial charge in [0, 0.05) is 11.8 Å². The zero-order valence-electron chi connectivity index (χ0n) is 8.82. The van der Waals surface area contributed by atoms with Crippen LogP contribution in [0.15, 0.2) is 22.6 Å². The van der Waals surface area contributed by atoms with Crippen LogP contribution in [0.1, 0.15) is 19.7 Å². The first-order valence-corrected chi connectivity index (χ1v) is 4.80. The van der Waals surface area contributed by atoms with E-state index in [1.54, 1.807) is 12.1 Å². The van der Waals surface area contributed by atoms with Crippen LogP contribution in [0.5, 0.6) is 0 Å². The Bertz CT molecular complexity index is 488. The van der Waals surface area contributed by atoms with E-state index in [2.05, 4.69) is 4.98 Å². The van der Waals surface area contributed by atoms with Crippen molar-refractivity contribution in [2.75, 3.05) is 12.3 Å². The molecule has 4 nitrogen and oxygen atoms in total. The molecule has 15 heavy (non-hydrogen) atoms. The fourth-order valence-electron chi connectivity index (χ4n) is 1.30. The number of hydrogen-bond donors (Lipinski definition) is 2. The fraction of sp³-hybridized carbons (Fsp3) is 0.364. The molecule has 2 rings (SSSR count). The molecule has 0 saturated carbocycles. The molecule has 0 saturated heterocycles. The van der Waals surface area contributed by atoms with Crippen molar-refractivity contribution in [3.63, 3.8) is 0 Å². The van der Waals surface area contributed by atoms with Crippen LogP contribution in [0, 0.1) is 0 Å². The predicted octanol–water partition coefficient (Wildman–Crippen LogP) is 1.68. The highest BCUT2D eigenvalue weighted by atomic mass is 16.4. The van der Waals surface area contributed by atoms with E-state index < -0.39 is 5.41 Å². The lowest BCUT2D eigenvalue weighted by atomic mass is 9.95.